The van der Waals surface area contributed by atoms with Crippen LogP contribution < -0.4 is 11.1 Å². The second-order valence-electron chi connectivity index (χ2n) is 30.5. The highest BCUT2D eigenvalue weighted by Crippen LogP contribution is 2.36. The van der Waals surface area contributed by atoms with Gasteiger partial charge in [-0.15, -0.1) is 23.8 Å². The standard InChI is InChI=1S/C24H23FN4O3.C19H15FN4O.C16H19BrN4O3.C10H17NO4.C8H5F.C6H6BrN3O.C6H3BrN2.ClH/c1-24(2,3)31-23(30)29-13-5-8-20(29)22-27-21(28-32-22)19-12-11-17(15-26-19)10-9-16-6-4-7-18(25)14-16;20-15-4-1-3-13(11-15)6-7-14-8-9-16(22-12-14)18-23-19(25-24-18)17-5-2-10-21-17;1-16(2,3)23-15(22)21-8-4-5-12(21)14-19-13(20-24-14)11-7-6-10(17)9-18-11;1-10(2,3)15-9(14)11-6-4-5-7(11)8(12)13;1-2-7-4-3-5-8(9)6-7;7-4-1-2-5(9-3-4)6(8)10-11;1-8-6-3-2-5(7)4-9-6;/h4,6-7,11-12,14-15,20H,5,8,13H2,1-3H3;1,3-4,8-9,11-12,17,21H,2,5,10H2;6-7,9,12H,4-5,8H2,1-3H3;7H,4-6H2,1-3H3,(H,12,13);1,3-6H;1-3,11H,(H2,8,10);2-4H;1H/t20-;17-;12-;7-;;;;/m1101..../s1. The van der Waals surface area contributed by atoms with Gasteiger partial charge in [0.2, 0.25) is 35.1 Å². The molecule has 656 valence electrons. The quantitative estimate of drug-likeness (QED) is 0.0209. The molecule has 4 saturated heterocycles. The summed E-state index contributed by atoms with van der Waals surface area (Å²) >= 11 is 9.76. The van der Waals surface area contributed by atoms with Crippen molar-refractivity contribution in [3.63, 3.8) is 0 Å². The maximum Gasteiger partial charge on any atom is 0.411 e. The molecule has 0 unspecified atom stereocenters. The van der Waals surface area contributed by atoms with Gasteiger partial charge < -0.3 is 54.0 Å². The van der Waals surface area contributed by atoms with E-state index in [0.29, 0.717) is 112 Å². The smallest absolute Gasteiger partial charge is 0.411 e. The minimum atomic E-state index is -0.960. The maximum atomic E-state index is 13.3. The molecule has 5 N–H and O–H groups in total. The molecule has 126 heavy (non-hydrogen) atoms. The Bertz CT molecular complexity index is 5700. The number of aliphatic carboxylic acids is 1. The third kappa shape index (κ3) is 31.7. The van der Waals surface area contributed by atoms with Crippen molar-refractivity contribution in [1.29, 1.82) is 0 Å². The maximum absolute atomic E-state index is 13.3. The summed E-state index contributed by atoms with van der Waals surface area (Å²) in [5.41, 5.74) is 9.00. The van der Waals surface area contributed by atoms with Crippen LogP contribution in [0.3, 0.4) is 0 Å². The first kappa shape index (κ1) is 98.5. The fourth-order valence-corrected chi connectivity index (χ4v) is 12.4. The van der Waals surface area contributed by atoms with Crippen molar-refractivity contribution in [2.24, 2.45) is 10.9 Å². The Kier molecular flexibility index (Phi) is 36.9. The number of likely N-dealkylation sites (tertiary alicyclic amines) is 3. The second kappa shape index (κ2) is 47.2. The van der Waals surface area contributed by atoms with Crippen LogP contribution in [-0.4, -0.2) is 159 Å². The van der Waals surface area contributed by atoms with E-state index in [9.17, 15) is 32.3 Å². The third-order valence-electron chi connectivity index (χ3n) is 17.4. The molecule has 8 aromatic heterocycles. The SMILES string of the molecule is C#Cc1cccc(F)c1.CC(C)(C)OC(=O)N1CCC[C@@H]1C(=O)O.CC(C)(C)OC(=O)N1CCC[C@@H]1c1nc(-c2ccc(C#Cc3cccc(F)c3)cn2)no1.CC(C)(C)OC(=O)N1CCC[C@H]1c1nc(-c2ccc(Br)cn2)no1.Cl.Fc1cccc(C#Cc2ccc(-c3noc([C@H]4CCCN4)n3)nc2)c1.N/C(=N\O)c1ccc(Br)cn1.[C-]#[N+]c1ccc(Br)cn1. The molecule has 15 rings (SSSR count). The van der Waals surface area contributed by atoms with Gasteiger partial charge in [-0.3, -0.25) is 34.6 Å². The lowest BCUT2D eigenvalue weighted by molar-refractivity contribution is -0.142. The van der Waals surface area contributed by atoms with Crippen LogP contribution in [0.4, 0.5) is 33.4 Å². The number of carbonyl (C=O) groups excluding carboxylic acids is 3. The Balaban J connectivity index is 0.000000191. The number of nitrogens with one attached hydrogen (secondary N) is 1. The number of pyridine rings is 5. The Morgan fingerprint density at radius 1 is 0.524 bits per heavy atom. The number of amides is 3. The first-order chi connectivity index (χ1) is 59.6. The van der Waals surface area contributed by atoms with E-state index in [-0.39, 0.29) is 66.0 Å². The summed E-state index contributed by atoms with van der Waals surface area (Å²) in [5, 5.41) is 35.3. The van der Waals surface area contributed by atoms with E-state index in [1.807, 2.05) is 53.7 Å². The van der Waals surface area contributed by atoms with Crippen molar-refractivity contribution < 1.29 is 70.4 Å². The summed E-state index contributed by atoms with van der Waals surface area (Å²) in [4.78, 5) is 88.9. The molecule has 0 bridgehead atoms. The zero-order chi connectivity index (χ0) is 90.4. The van der Waals surface area contributed by atoms with Gasteiger partial charge in [-0.2, -0.15) is 15.0 Å². The highest BCUT2D eigenvalue weighted by atomic mass is 79.9. The third-order valence-corrected chi connectivity index (χ3v) is 18.8. The van der Waals surface area contributed by atoms with E-state index in [1.165, 1.54) is 41.3 Å². The van der Waals surface area contributed by atoms with Gasteiger partial charge in [0.1, 0.15) is 81.4 Å². The monoisotopic (exact) mass is 1930 g/mol. The van der Waals surface area contributed by atoms with Crippen molar-refractivity contribution in [3.8, 4) is 70.6 Å². The number of carbonyl (C=O) groups is 4. The predicted molar refractivity (Wildman–Crippen MR) is 473 cm³/mol. The molecule has 0 radical (unpaired) electrons. The summed E-state index contributed by atoms with van der Waals surface area (Å²) in [6.07, 6.45) is 18.4. The normalized spacial score (nSPS) is 15.5. The average Bonchev–Trinajstić information content (AvgIpc) is 1.67. The summed E-state index contributed by atoms with van der Waals surface area (Å²) in [6.45, 7) is 25.5. The number of ether oxygens (including phenoxy) is 3. The van der Waals surface area contributed by atoms with Gasteiger partial charge in [0, 0.05) is 81.2 Å². The van der Waals surface area contributed by atoms with Gasteiger partial charge in [0.05, 0.1) is 10.5 Å². The van der Waals surface area contributed by atoms with E-state index in [2.05, 4.69) is 148 Å². The number of hydrogen-bond acceptors (Lipinski definition) is 24. The number of amidine groups is 1. The fraction of sp³-hybridized carbons (Fsp3) is 0.315. The van der Waals surface area contributed by atoms with Gasteiger partial charge in [0.25, 0.3) is 5.82 Å². The molecule has 12 heterocycles. The van der Waals surface area contributed by atoms with Crippen molar-refractivity contribution in [3.05, 3.63) is 258 Å². The Morgan fingerprint density at radius 3 is 1.29 bits per heavy atom. The van der Waals surface area contributed by atoms with Gasteiger partial charge in [-0.1, -0.05) is 81.1 Å². The molecule has 4 fully saturated rings. The van der Waals surface area contributed by atoms with E-state index in [0.717, 1.165) is 70.5 Å². The molecular weight excluding hydrogens is 1850 g/mol. The molecule has 3 aromatic carbocycles. The number of terminal acetylenes is 1. The van der Waals surface area contributed by atoms with Crippen molar-refractivity contribution in [2.75, 3.05) is 26.2 Å². The number of nitrogens with zero attached hydrogens (tertiary/aromatic N) is 16. The summed E-state index contributed by atoms with van der Waals surface area (Å²) < 4.78 is 73.5. The number of aromatic nitrogens is 11. The summed E-state index contributed by atoms with van der Waals surface area (Å²) in [6, 6.07) is 34.8. The topological polar surface area (TPSA) is 382 Å². The summed E-state index contributed by atoms with van der Waals surface area (Å²) in [7, 11) is 0. The first-order valence-corrected chi connectivity index (χ1v) is 41.3. The number of benzene rings is 3. The lowest BCUT2D eigenvalue weighted by Crippen LogP contribution is -2.43. The molecule has 0 spiro atoms. The van der Waals surface area contributed by atoms with Crippen LogP contribution in [0.15, 0.2) is 197 Å². The lowest BCUT2D eigenvalue weighted by atomic mass is 10.2. The molecule has 11 aromatic rings. The Hall–Kier alpha value is -13.0. The Labute approximate surface area is 757 Å². The van der Waals surface area contributed by atoms with Crippen LogP contribution in [0.1, 0.15) is 183 Å². The van der Waals surface area contributed by atoms with E-state index >= 15 is 0 Å². The molecule has 4 atom stereocenters. The van der Waals surface area contributed by atoms with Crippen LogP contribution in [-0.2, 0) is 19.0 Å². The van der Waals surface area contributed by atoms with E-state index in [4.69, 9.17) is 56.8 Å². The lowest BCUT2D eigenvalue weighted by Gasteiger charge is -2.27. The number of oxime groups is 1. The predicted octanol–water partition coefficient (Wildman–Crippen LogP) is 18.8. The highest BCUT2D eigenvalue weighted by Gasteiger charge is 2.40. The fourth-order valence-electron chi connectivity index (χ4n) is 11.7. The molecular formula is C89H89Br3ClF3N18O12. The molecule has 4 aliphatic rings. The second-order valence-corrected chi connectivity index (χ2v) is 33.3. The molecule has 30 nitrogen and oxygen atoms in total. The van der Waals surface area contributed by atoms with Gasteiger partial charge in [-0.05, 0) is 277 Å². The average molecular weight is 1930 g/mol. The molecule has 37 heteroatoms. The van der Waals surface area contributed by atoms with Crippen LogP contribution in [0, 0.1) is 60.0 Å². The van der Waals surface area contributed by atoms with Crippen LogP contribution in [0.2, 0.25) is 0 Å². The van der Waals surface area contributed by atoms with Gasteiger partial charge >= 0.3 is 24.2 Å². The van der Waals surface area contributed by atoms with Gasteiger partial charge in [-0.25, -0.2) is 32.3 Å². The Morgan fingerprint density at radius 2 is 0.921 bits per heavy atom. The van der Waals surface area contributed by atoms with Crippen LogP contribution in [0.5, 0.6) is 0 Å². The minimum absolute atomic E-state index is 0. The first-order valence-electron chi connectivity index (χ1n) is 39.0. The molecule has 0 aliphatic carbocycles. The largest absolute Gasteiger partial charge is 0.480 e. The van der Waals surface area contributed by atoms with Crippen molar-refractivity contribution in [1.82, 2.24) is 75.4 Å². The van der Waals surface area contributed by atoms with E-state index in [1.54, 1.807) is 146 Å². The zero-order valence-corrected chi connectivity index (χ0v) is 75.4. The number of nitrogens with two attached hydrogens (primary N) is 1. The van der Waals surface area contributed by atoms with Crippen molar-refractivity contribution >= 4 is 96.1 Å². The highest BCUT2D eigenvalue weighted by molar-refractivity contribution is 9.11. The van der Waals surface area contributed by atoms with Crippen molar-refractivity contribution in [2.45, 2.75) is 155 Å². The minimum Gasteiger partial charge on any atom is -0.480 e. The van der Waals surface area contributed by atoms with E-state index < -0.39 is 34.9 Å². The number of hydrogen-bond donors (Lipinski definition) is 4. The molecule has 0 saturated carbocycles. The number of rotatable bonds is 8. The van der Waals surface area contributed by atoms with Gasteiger partial charge in [0.15, 0.2) is 5.84 Å². The molecule has 4 aliphatic heterocycles. The number of halogens is 7. The number of carboxylic acid groups (broad SMARTS) is 1. The van der Waals surface area contributed by atoms with Crippen LogP contribution in [0.25, 0.3) is 39.4 Å². The van der Waals surface area contributed by atoms with Crippen LogP contribution >= 0.6 is 60.2 Å². The number of carboxylic acids is 1. The molecule has 3 amide bonds. The zero-order valence-electron chi connectivity index (χ0n) is 69.8. The summed E-state index contributed by atoms with van der Waals surface area (Å²) in [5.74, 6) is 15.2.